The summed E-state index contributed by atoms with van der Waals surface area (Å²) in [7, 11) is -4.08. The van der Waals surface area contributed by atoms with E-state index < -0.39 is 45.0 Å². The van der Waals surface area contributed by atoms with Crippen molar-refractivity contribution in [3.63, 3.8) is 0 Å². The van der Waals surface area contributed by atoms with Crippen LogP contribution in [0.25, 0.3) is 0 Å². The molecule has 0 atom stereocenters. The minimum absolute atomic E-state index is 0.309. The molecule has 0 spiro atoms. The molecular weight excluding hydrogens is 346 g/mol. The van der Waals surface area contributed by atoms with Gasteiger partial charge in [-0.15, -0.1) is 0 Å². The van der Waals surface area contributed by atoms with Crippen molar-refractivity contribution in [1.29, 1.82) is 0 Å². The smallest absolute Gasteiger partial charge is 0.307 e. The van der Waals surface area contributed by atoms with Crippen LogP contribution in [0.4, 0.5) is 8.78 Å². The Balaban J connectivity index is 2.41. The van der Waals surface area contributed by atoms with Gasteiger partial charge in [0.25, 0.3) is 5.91 Å². The number of carbonyl (C=O) groups excluding carboxylic acids is 2. The fraction of sp³-hybridized carbons (Fsp3) is 0.429. The van der Waals surface area contributed by atoms with E-state index in [9.17, 15) is 26.8 Å². The molecule has 1 aromatic carbocycles. The van der Waals surface area contributed by atoms with Crippen LogP contribution < -0.4 is 10.0 Å². The Morgan fingerprint density at radius 2 is 1.88 bits per heavy atom. The van der Waals surface area contributed by atoms with Crippen molar-refractivity contribution in [2.45, 2.75) is 24.7 Å². The van der Waals surface area contributed by atoms with E-state index in [2.05, 4.69) is 14.8 Å². The van der Waals surface area contributed by atoms with Gasteiger partial charge in [0.1, 0.15) is 0 Å². The Labute approximate surface area is 138 Å². The Hall–Kier alpha value is -2.07. The quantitative estimate of drug-likeness (QED) is 0.628. The zero-order chi connectivity index (χ0) is 18.2. The van der Waals surface area contributed by atoms with E-state index in [-0.39, 0.29) is 13.0 Å². The van der Waals surface area contributed by atoms with Gasteiger partial charge in [-0.2, -0.15) is 0 Å². The van der Waals surface area contributed by atoms with Crippen molar-refractivity contribution >= 4 is 21.9 Å². The molecule has 0 unspecified atom stereocenters. The number of carbonyl (C=O) groups is 2. The second-order valence-corrected chi connectivity index (χ2v) is 6.50. The number of ether oxygens (including phenoxy) is 1. The highest BCUT2D eigenvalue weighted by molar-refractivity contribution is 7.89. The molecule has 0 saturated heterocycles. The maximum absolute atomic E-state index is 13.0. The summed E-state index contributed by atoms with van der Waals surface area (Å²) in [6.45, 7) is 1.57. The molecule has 2 N–H and O–H groups in total. The van der Waals surface area contributed by atoms with E-state index in [1.807, 2.05) is 6.92 Å². The van der Waals surface area contributed by atoms with Crippen LogP contribution >= 0.6 is 0 Å². The molecule has 1 amide bonds. The molecule has 0 saturated carbocycles. The van der Waals surface area contributed by atoms with Crippen molar-refractivity contribution in [1.82, 2.24) is 10.0 Å². The summed E-state index contributed by atoms with van der Waals surface area (Å²) in [5.41, 5.74) is 0. The predicted molar refractivity (Wildman–Crippen MR) is 80.4 cm³/mol. The van der Waals surface area contributed by atoms with E-state index in [0.29, 0.717) is 18.7 Å². The van der Waals surface area contributed by atoms with Gasteiger partial charge in [0, 0.05) is 13.1 Å². The molecular formula is C14H18F2N2O5S. The van der Waals surface area contributed by atoms with Crippen LogP contribution in [0.2, 0.25) is 0 Å². The predicted octanol–water partition coefficient (Wildman–Crippen LogP) is 0.703. The van der Waals surface area contributed by atoms with Gasteiger partial charge in [-0.05, 0) is 24.6 Å². The molecule has 0 heterocycles. The summed E-state index contributed by atoms with van der Waals surface area (Å²) in [5.74, 6) is -3.68. The number of hydrogen-bond donors (Lipinski definition) is 2. The molecule has 24 heavy (non-hydrogen) atoms. The van der Waals surface area contributed by atoms with E-state index >= 15 is 0 Å². The van der Waals surface area contributed by atoms with E-state index in [1.165, 1.54) is 0 Å². The van der Waals surface area contributed by atoms with Crippen molar-refractivity contribution in [3.05, 3.63) is 29.8 Å². The molecule has 0 bridgehead atoms. The van der Waals surface area contributed by atoms with Crippen LogP contribution in [0.15, 0.2) is 23.1 Å². The highest BCUT2D eigenvalue weighted by atomic mass is 32.2. The van der Waals surface area contributed by atoms with Crippen LogP contribution in [-0.2, 0) is 24.3 Å². The molecule has 0 aliphatic heterocycles. The number of esters is 1. The number of amides is 1. The largest absolute Gasteiger partial charge is 0.456 e. The van der Waals surface area contributed by atoms with Gasteiger partial charge < -0.3 is 10.1 Å². The molecule has 1 aromatic rings. The minimum atomic E-state index is -4.08. The molecule has 1 rings (SSSR count). The molecule has 134 valence electrons. The highest BCUT2D eigenvalue weighted by Crippen LogP contribution is 2.13. The molecule has 0 radical (unpaired) electrons. The molecule has 0 aliphatic carbocycles. The first-order chi connectivity index (χ1) is 11.3. The fourth-order valence-electron chi connectivity index (χ4n) is 1.55. The third-order valence-corrected chi connectivity index (χ3v) is 4.22. The average molecular weight is 364 g/mol. The molecule has 0 aromatic heterocycles. The number of halogens is 2. The minimum Gasteiger partial charge on any atom is -0.456 e. The summed E-state index contributed by atoms with van der Waals surface area (Å²) in [5, 5.41) is 2.51. The van der Waals surface area contributed by atoms with E-state index in [4.69, 9.17) is 0 Å². The van der Waals surface area contributed by atoms with Gasteiger partial charge in [-0.1, -0.05) is 6.92 Å². The van der Waals surface area contributed by atoms with Gasteiger partial charge in [0.05, 0.1) is 11.3 Å². The topological polar surface area (TPSA) is 102 Å². The first kappa shape index (κ1) is 20.0. The third kappa shape index (κ3) is 6.59. The number of nitrogens with one attached hydrogen (secondary N) is 2. The van der Waals surface area contributed by atoms with Crippen LogP contribution in [0.1, 0.15) is 19.8 Å². The van der Waals surface area contributed by atoms with Crippen LogP contribution in [-0.4, -0.2) is 40.0 Å². The molecule has 7 nitrogen and oxygen atoms in total. The molecule has 0 aliphatic rings. The summed E-state index contributed by atoms with van der Waals surface area (Å²) >= 11 is 0. The lowest BCUT2D eigenvalue weighted by Gasteiger charge is -2.08. The third-order valence-electron chi connectivity index (χ3n) is 2.76. The van der Waals surface area contributed by atoms with Crippen molar-refractivity contribution in [2.24, 2.45) is 0 Å². The number of hydrogen-bond acceptors (Lipinski definition) is 5. The number of benzene rings is 1. The maximum Gasteiger partial charge on any atom is 0.307 e. The SMILES string of the molecule is CCCNC(=O)COC(=O)CCNS(=O)(=O)c1ccc(F)c(F)c1. The van der Waals surface area contributed by atoms with Gasteiger partial charge in [-0.3, -0.25) is 9.59 Å². The second-order valence-electron chi connectivity index (χ2n) is 4.73. The first-order valence-corrected chi connectivity index (χ1v) is 8.61. The van der Waals surface area contributed by atoms with E-state index in [0.717, 1.165) is 12.5 Å². The normalized spacial score (nSPS) is 11.1. The van der Waals surface area contributed by atoms with Crippen molar-refractivity contribution in [2.75, 3.05) is 19.7 Å². The van der Waals surface area contributed by atoms with Crippen molar-refractivity contribution < 1.29 is 31.5 Å². The lowest BCUT2D eigenvalue weighted by molar-refractivity contribution is -0.148. The average Bonchev–Trinajstić information content (AvgIpc) is 2.53. The first-order valence-electron chi connectivity index (χ1n) is 7.13. The molecule has 10 heteroatoms. The number of rotatable bonds is 9. The maximum atomic E-state index is 13.0. The van der Waals surface area contributed by atoms with Crippen LogP contribution in [0.3, 0.4) is 0 Å². The summed E-state index contributed by atoms with van der Waals surface area (Å²) < 4.78 is 56.2. The Kier molecular flexibility index (Phi) is 7.72. The fourth-order valence-corrected chi connectivity index (χ4v) is 2.59. The molecule has 0 fully saturated rings. The van der Waals surface area contributed by atoms with Gasteiger partial charge >= 0.3 is 5.97 Å². The number of sulfonamides is 1. The lowest BCUT2D eigenvalue weighted by Crippen LogP contribution is -2.30. The van der Waals surface area contributed by atoms with Crippen LogP contribution in [0, 0.1) is 11.6 Å². The Morgan fingerprint density at radius 3 is 2.50 bits per heavy atom. The van der Waals surface area contributed by atoms with E-state index in [1.54, 1.807) is 0 Å². The van der Waals surface area contributed by atoms with Gasteiger partial charge in [-0.25, -0.2) is 21.9 Å². The Bertz CT molecular complexity index is 694. The van der Waals surface area contributed by atoms with Gasteiger partial charge in [0.2, 0.25) is 10.0 Å². The highest BCUT2D eigenvalue weighted by Gasteiger charge is 2.17. The lowest BCUT2D eigenvalue weighted by atomic mass is 10.3. The Morgan fingerprint density at radius 1 is 1.17 bits per heavy atom. The van der Waals surface area contributed by atoms with Crippen LogP contribution in [0.5, 0.6) is 0 Å². The summed E-state index contributed by atoms with van der Waals surface area (Å²) in [6, 6.07) is 2.12. The van der Waals surface area contributed by atoms with Gasteiger partial charge in [0.15, 0.2) is 18.2 Å². The summed E-state index contributed by atoms with van der Waals surface area (Å²) in [4.78, 5) is 22.1. The second kappa shape index (κ2) is 9.28. The summed E-state index contributed by atoms with van der Waals surface area (Å²) in [6.07, 6.45) is 0.426. The zero-order valence-corrected chi connectivity index (χ0v) is 13.8. The van der Waals surface area contributed by atoms with Crippen molar-refractivity contribution in [3.8, 4) is 0 Å². The zero-order valence-electron chi connectivity index (χ0n) is 13.0. The monoisotopic (exact) mass is 364 g/mol. The standard InChI is InChI=1S/C14H18F2N2O5S/c1-2-6-17-13(19)9-23-14(20)5-7-18-24(21,22)10-3-4-11(15)12(16)8-10/h3-4,8,18H,2,5-7,9H2,1H3,(H,17,19).